The predicted molar refractivity (Wildman–Crippen MR) is 87.2 cm³/mol. The van der Waals surface area contributed by atoms with Gasteiger partial charge in [0.1, 0.15) is 0 Å². The number of rotatable bonds is 4. The summed E-state index contributed by atoms with van der Waals surface area (Å²) in [6.07, 6.45) is 0. The molecule has 2 aromatic carbocycles. The average molecular weight is 309 g/mol. The van der Waals surface area contributed by atoms with E-state index in [0.717, 1.165) is 17.1 Å². The summed E-state index contributed by atoms with van der Waals surface area (Å²) in [4.78, 5) is 2.24. The summed E-state index contributed by atoms with van der Waals surface area (Å²) < 4.78 is 0. The summed E-state index contributed by atoms with van der Waals surface area (Å²) in [7, 11) is 2.08. The molecule has 106 valence electrons. The van der Waals surface area contributed by atoms with Gasteiger partial charge in [-0.1, -0.05) is 41.4 Å². The summed E-state index contributed by atoms with van der Waals surface area (Å²) in [5.41, 5.74) is 8.67. The second-order valence-electron chi connectivity index (χ2n) is 5.00. The summed E-state index contributed by atoms with van der Waals surface area (Å²) in [6, 6.07) is 14.0. The molecule has 1 unspecified atom stereocenters. The first kappa shape index (κ1) is 15.2. The highest BCUT2D eigenvalue weighted by Gasteiger charge is 2.12. The van der Waals surface area contributed by atoms with Crippen molar-refractivity contribution in [2.75, 3.05) is 12.8 Å². The van der Waals surface area contributed by atoms with Crippen LogP contribution in [0.4, 0.5) is 5.69 Å². The Bertz CT molecular complexity index is 599. The molecule has 0 spiro atoms. The SMILES string of the molecule is CC(c1cccc(Cl)c1)N(C)Cc1ccc(N)c(Cl)c1. The second kappa shape index (κ2) is 6.49. The third-order valence-corrected chi connectivity index (χ3v) is 4.05. The molecule has 0 saturated heterocycles. The fraction of sp³-hybridized carbons (Fsp3) is 0.250. The maximum absolute atomic E-state index is 6.05. The van der Waals surface area contributed by atoms with Crippen molar-refractivity contribution in [1.29, 1.82) is 0 Å². The molecule has 0 aliphatic heterocycles. The van der Waals surface area contributed by atoms with Gasteiger partial charge in [0.2, 0.25) is 0 Å². The van der Waals surface area contributed by atoms with Gasteiger partial charge in [0.05, 0.1) is 10.7 Å². The molecule has 0 fully saturated rings. The number of nitrogens with two attached hydrogens (primary N) is 1. The van der Waals surface area contributed by atoms with Crippen LogP contribution in [-0.2, 0) is 6.54 Å². The number of hydrogen-bond donors (Lipinski definition) is 1. The van der Waals surface area contributed by atoms with Gasteiger partial charge >= 0.3 is 0 Å². The van der Waals surface area contributed by atoms with Gasteiger partial charge in [-0.15, -0.1) is 0 Å². The van der Waals surface area contributed by atoms with Gasteiger partial charge in [0.15, 0.2) is 0 Å². The maximum atomic E-state index is 6.05. The Morgan fingerprint density at radius 2 is 1.90 bits per heavy atom. The van der Waals surface area contributed by atoms with Crippen LogP contribution in [0.15, 0.2) is 42.5 Å². The molecule has 0 aliphatic carbocycles. The maximum Gasteiger partial charge on any atom is 0.0638 e. The van der Waals surface area contributed by atoms with E-state index in [-0.39, 0.29) is 6.04 Å². The first-order valence-corrected chi connectivity index (χ1v) is 7.22. The lowest BCUT2D eigenvalue weighted by atomic mass is 10.1. The van der Waals surface area contributed by atoms with Gasteiger partial charge in [0.25, 0.3) is 0 Å². The molecule has 2 N–H and O–H groups in total. The number of hydrogen-bond acceptors (Lipinski definition) is 2. The van der Waals surface area contributed by atoms with E-state index in [1.807, 2.05) is 36.4 Å². The van der Waals surface area contributed by atoms with E-state index in [1.54, 1.807) is 0 Å². The van der Waals surface area contributed by atoms with Gasteiger partial charge in [-0.2, -0.15) is 0 Å². The van der Waals surface area contributed by atoms with Crippen molar-refractivity contribution < 1.29 is 0 Å². The predicted octanol–water partition coefficient (Wildman–Crippen LogP) is 4.77. The monoisotopic (exact) mass is 308 g/mol. The average Bonchev–Trinajstić information content (AvgIpc) is 2.42. The van der Waals surface area contributed by atoms with E-state index < -0.39 is 0 Å². The van der Waals surface area contributed by atoms with E-state index in [0.29, 0.717) is 10.7 Å². The minimum Gasteiger partial charge on any atom is -0.398 e. The topological polar surface area (TPSA) is 29.3 Å². The Balaban J connectivity index is 2.11. The minimum atomic E-state index is 0.269. The molecule has 0 aromatic heterocycles. The van der Waals surface area contributed by atoms with E-state index in [9.17, 15) is 0 Å². The highest BCUT2D eigenvalue weighted by molar-refractivity contribution is 6.33. The van der Waals surface area contributed by atoms with Crippen LogP contribution in [0.25, 0.3) is 0 Å². The third-order valence-electron chi connectivity index (χ3n) is 3.49. The van der Waals surface area contributed by atoms with Gasteiger partial charge in [-0.05, 0) is 49.4 Å². The molecule has 0 amide bonds. The Kier molecular flexibility index (Phi) is 4.92. The Morgan fingerprint density at radius 3 is 2.55 bits per heavy atom. The lowest BCUT2D eigenvalue weighted by Crippen LogP contribution is -2.21. The molecule has 2 nitrogen and oxygen atoms in total. The molecule has 20 heavy (non-hydrogen) atoms. The van der Waals surface area contributed by atoms with Gasteiger partial charge in [-0.3, -0.25) is 4.90 Å². The van der Waals surface area contributed by atoms with E-state index in [1.165, 1.54) is 5.56 Å². The van der Waals surface area contributed by atoms with Crippen molar-refractivity contribution in [2.45, 2.75) is 19.5 Å². The molecule has 0 saturated carbocycles. The van der Waals surface area contributed by atoms with Crippen molar-refractivity contribution in [1.82, 2.24) is 4.90 Å². The molecule has 2 aromatic rings. The van der Waals surface area contributed by atoms with Gasteiger partial charge in [0, 0.05) is 17.6 Å². The van der Waals surface area contributed by atoms with Gasteiger partial charge in [-0.25, -0.2) is 0 Å². The number of anilines is 1. The highest BCUT2D eigenvalue weighted by Crippen LogP contribution is 2.25. The molecular weight excluding hydrogens is 291 g/mol. The number of nitrogen functional groups attached to an aromatic ring is 1. The van der Waals surface area contributed by atoms with Crippen LogP contribution in [0.2, 0.25) is 10.0 Å². The van der Waals surface area contributed by atoms with Gasteiger partial charge < -0.3 is 5.73 Å². The first-order valence-electron chi connectivity index (χ1n) is 6.47. The zero-order valence-electron chi connectivity index (χ0n) is 11.6. The number of nitrogens with zero attached hydrogens (tertiary/aromatic N) is 1. The highest BCUT2D eigenvalue weighted by atomic mass is 35.5. The van der Waals surface area contributed by atoms with Crippen LogP contribution in [-0.4, -0.2) is 11.9 Å². The standard InChI is InChI=1S/C16H18Cl2N2/c1-11(13-4-3-5-14(17)9-13)20(2)10-12-6-7-16(19)15(18)8-12/h3-9,11H,10,19H2,1-2H3. The quantitative estimate of drug-likeness (QED) is 0.824. The van der Waals surface area contributed by atoms with Crippen molar-refractivity contribution >= 4 is 28.9 Å². The smallest absolute Gasteiger partial charge is 0.0638 e. The van der Waals surface area contributed by atoms with Crippen LogP contribution >= 0.6 is 23.2 Å². The molecule has 4 heteroatoms. The molecule has 0 heterocycles. The molecular formula is C16H18Cl2N2. The molecule has 0 radical (unpaired) electrons. The van der Waals surface area contributed by atoms with Crippen molar-refractivity contribution in [3.8, 4) is 0 Å². The lowest BCUT2D eigenvalue weighted by Gasteiger charge is -2.25. The van der Waals surface area contributed by atoms with E-state index in [4.69, 9.17) is 28.9 Å². The fourth-order valence-corrected chi connectivity index (χ4v) is 2.52. The van der Waals surface area contributed by atoms with Crippen LogP contribution < -0.4 is 5.73 Å². The third kappa shape index (κ3) is 3.66. The number of benzene rings is 2. The van der Waals surface area contributed by atoms with Crippen LogP contribution in [0, 0.1) is 0 Å². The summed E-state index contributed by atoms with van der Waals surface area (Å²) in [5, 5.41) is 1.37. The van der Waals surface area contributed by atoms with Crippen molar-refractivity contribution in [3.63, 3.8) is 0 Å². The summed E-state index contributed by atoms with van der Waals surface area (Å²) in [6.45, 7) is 2.96. The minimum absolute atomic E-state index is 0.269. The summed E-state index contributed by atoms with van der Waals surface area (Å²) in [5.74, 6) is 0. The van der Waals surface area contributed by atoms with Crippen molar-refractivity contribution in [3.05, 3.63) is 63.6 Å². The molecule has 0 aliphatic rings. The molecule has 2 rings (SSSR count). The zero-order valence-corrected chi connectivity index (χ0v) is 13.1. The molecule has 1 atom stereocenters. The zero-order chi connectivity index (χ0) is 14.7. The molecule has 0 bridgehead atoms. The Hall–Kier alpha value is -1.22. The first-order chi connectivity index (χ1) is 9.47. The lowest BCUT2D eigenvalue weighted by molar-refractivity contribution is 0.253. The largest absolute Gasteiger partial charge is 0.398 e. The van der Waals surface area contributed by atoms with Crippen LogP contribution in [0.5, 0.6) is 0 Å². The second-order valence-corrected chi connectivity index (χ2v) is 5.85. The Labute approximate surface area is 130 Å². The van der Waals surface area contributed by atoms with Crippen molar-refractivity contribution in [2.24, 2.45) is 0 Å². The Morgan fingerprint density at radius 1 is 1.15 bits per heavy atom. The van der Waals surface area contributed by atoms with E-state index >= 15 is 0 Å². The summed E-state index contributed by atoms with van der Waals surface area (Å²) >= 11 is 12.1. The number of halogens is 2. The van der Waals surface area contributed by atoms with Crippen LogP contribution in [0.3, 0.4) is 0 Å². The normalized spacial score (nSPS) is 12.7. The van der Waals surface area contributed by atoms with Crippen LogP contribution in [0.1, 0.15) is 24.1 Å². The fourth-order valence-electron chi connectivity index (χ4n) is 2.11. The van der Waals surface area contributed by atoms with E-state index in [2.05, 4.69) is 24.9 Å².